The van der Waals surface area contributed by atoms with Gasteiger partial charge in [0.15, 0.2) is 3.79 Å². The van der Waals surface area contributed by atoms with Gasteiger partial charge in [0.2, 0.25) is 0 Å². The molecule has 0 aliphatic carbocycles. The summed E-state index contributed by atoms with van der Waals surface area (Å²) in [6.07, 6.45) is 0. The van der Waals surface area contributed by atoms with Crippen LogP contribution in [0.3, 0.4) is 0 Å². The van der Waals surface area contributed by atoms with Crippen molar-refractivity contribution in [3.8, 4) is 0 Å². The largest absolute Gasteiger partial charge is 0.187 e. The van der Waals surface area contributed by atoms with Crippen LogP contribution >= 0.6 is 34.8 Å². The summed E-state index contributed by atoms with van der Waals surface area (Å²) in [6, 6.07) is 0. The zero-order valence-electron chi connectivity index (χ0n) is 5.13. The maximum absolute atomic E-state index is 6.52. The van der Waals surface area contributed by atoms with Gasteiger partial charge in [-0.25, -0.2) is 0 Å². The van der Waals surface area contributed by atoms with Crippen LogP contribution in [0, 0.1) is 0 Å². The summed E-state index contributed by atoms with van der Waals surface area (Å²) in [6.45, 7) is -2.52. The lowest BCUT2D eigenvalue weighted by Crippen LogP contribution is -1.87. The van der Waals surface area contributed by atoms with E-state index in [1.54, 1.807) is 0 Å². The van der Waals surface area contributed by atoms with Gasteiger partial charge in [-0.2, -0.15) is 0 Å². The van der Waals surface area contributed by atoms with Crippen molar-refractivity contribution in [3.05, 3.63) is 0 Å². The highest BCUT2D eigenvalue weighted by atomic mass is 35.6. The Morgan fingerprint density at radius 3 is 1.80 bits per heavy atom. The highest BCUT2D eigenvalue weighted by molar-refractivity contribution is 6.67. The van der Waals surface area contributed by atoms with E-state index < -0.39 is 10.6 Å². The second-order valence-electron chi connectivity index (χ2n) is 0.498. The van der Waals surface area contributed by atoms with Crippen LogP contribution in [-0.2, 0) is 0 Å². The van der Waals surface area contributed by atoms with E-state index in [-0.39, 0.29) is 0 Å². The Hall–Kier alpha value is 0.870. The van der Waals surface area contributed by atoms with Gasteiger partial charge in [-0.05, 0) is 6.85 Å². The average molecular weight is 136 g/mol. The van der Waals surface area contributed by atoms with Gasteiger partial charge in [-0.1, -0.05) is 34.8 Å². The molecule has 0 radical (unpaired) electrons. The minimum atomic E-state index is -2.52. The molecule has 0 aliphatic heterocycles. The summed E-state index contributed by atoms with van der Waals surface area (Å²) in [5, 5.41) is 0. The molecule has 0 atom stereocenters. The zero-order valence-corrected chi connectivity index (χ0v) is 4.40. The first-order chi connectivity index (χ1) is 3.25. The van der Waals surface area contributed by atoms with Gasteiger partial charge >= 0.3 is 0 Å². The lowest BCUT2D eigenvalue weighted by molar-refractivity contribution is 1.27. The molecule has 32 valence electrons. The van der Waals surface area contributed by atoms with Crippen molar-refractivity contribution in [2.24, 2.45) is 0 Å². The third kappa shape index (κ3) is 53.0. The molecule has 5 heavy (non-hydrogen) atoms. The number of hydrogen-bond acceptors (Lipinski definition) is 0. The maximum Gasteiger partial charge on any atom is 0.187 e. The average Bonchev–Trinajstić information content (AvgIpc) is 1.25. The second-order valence-corrected chi connectivity index (χ2v) is 2.78. The molecule has 0 nitrogen and oxygen atoms in total. The van der Waals surface area contributed by atoms with Crippen LogP contribution in [0.2, 0.25) is 0 Å². The van der Waals surface area contributed by atoms with Crippen molar-refractivity contribution in [2.45, 2.75) is 10.6 Å². The Morgan fingerprint density at radius 2 is 1.80 bits per heavy atom. The lowest BCUT2D eigenvalue weighted by atomic mass is 10.9. The lowest BCUT2D eigenvalue weighted by Gasteiger charge is -1.94. The van der Waals surface area contributed by atoms with Crippen LogP contribution < -0.4 is 0 Å². The molecule has 0 unspecified atom stereocenters. The molecule has 0 N–H and O–H groups in total. The van der Waals surface area contributed by atoms with Gasteiger partial charge in [-0.15, -0.1) is 0 Å². The van der Waals surface area contributed by atoms with Gasteiger partial charge in [-0.3, -0.25) is 0 Å². The van der Waals surface area contributed by atoms with E-state index in [0.717, 1.165) is 0 Å². The SMILES string of the molecule is [2H]C([2H])([2H])C(Cl)(Cl)Cl. The van der Waals surface area contributed by atoms with E-state index in [1.165, 1.54) is 0 Å². The molecule has 0 heterocycles. The Labute approximate surface area is 50.2 Å². The van der Waals surface area contributed by atoms with Crippen LogP contribution in [-0.4, -0.2) is 3.79 Å². The summed E-state index contributed by atoms with van der Waals surface area (Å²) in [5.41, 5.74) is 0. The van der Waals surface area contributed by atoms with Crippen molar-refractivity contribution >= 4 is 34.8 Å². The Kier molecular flexibility index (Phi) is 0.695. The van der Waals surface area contributed by atoms with E-state index in [0.29, 0.717) is 0 Å². The quantitative estimate of drug-likeness (QED) is 0.449. The molecule has 0 spiro atoms. The van der Waals surface area contributed by atoms with Crippen molar-refractivity contribution in [1.29, 1.82) is 0 Å². The van der Waals surface area contributed by atoms with E-state index in [4.69, 9.17) is 38.9 Å². The first-order valence-corrected chi connectivity index (χ1v) is 1.95. The minimum absolute atomic E-state index is 2.15. The van der Waals surface area contributed by atoms with Crippen LogP contribution in [0.4, 0.5) is 0 Å². The van der Waals surface area contributed by atoms with Gasteiger partial charge in [0.25, 0.3) is 0 Å². The van der Waals surface area contributed by atoms with Gasteiger partial charge < -0.3 is 0 Å². The second kappa shape index (κ2) is 1.55. The molecule has 0 aromatic rings. The minimum Gasteiger partial charge on any atom is -0.0840 e. The topological polar surface area (TPSA) is 0 Å². The first kappa shape index (κ1) is 2.25. The summed E-state index contributed by atoms with van der Waals surface area (Å²) in [4.78, 5) is 0. The molecule has 0 aromatic heterocycles. The third-order valence-corrected chi connectivity index (χ3v) is 0. The molecule has 0 amide bonds. The molecule has 0 saturated heterocycles. The first-order valence-electron chi connectivity index (χ1n) is 2.32. The van der Waals surface area contributed by atoms with Crippen molar-refractivity contribution < 1.29 is 4.11 Å². The molecular formula is C2H3Cl3. The molecule has 0 aliphatic rings. The molecular weight excluding hydrogens is 130 g/mol. The Morgan fingerprint density at radius 1 is 1.60 bits per heavy atom. The zero-order chi connectivity index (χ0) is 7.00. The summed E-state index contributed by atoms with van der Waals surface area (Å²) < 4.78 is 17.4. The van der Waals surface area contributed by atoms with E-state index in [1.807, 2.05) is 0 Å². The smallest absolute Gasteiger partial charge is 0.0840 e. The number of hydrogen-bond donors (Lipinski definition) is 0. The fraction of sp³-hybridized carbons (Fsp3) is 1.00. The van der Waals surface area contributed by atoms with Gasteiger partial charge in [0.05, 0.1) is 0 Å². The molecule has 0 rings (SSSR count). The molecule has 0 aromatic carbocycles. The van der Waals surface area contributed by atoms with Gasteiger partial charge in [0.1, 0.15) is 0 Å². The Balaban J connectivity index is 4.02. The van der Waals surface area contributed by atoms with Crippen LogP contribution in [0.1, 0.15) is 11.0 Å². The molecule has 0 bridgehead atoms. The van der Waals surface area contributed by atoms with Crippen LogP contribution in [0.25, 0.3) is 0 Å². The number of alkyl halides is 3. The predicted octanol–water partition coefficient (Wildman–Crippen LogP) is 2.38. The van der Waals surface area contributed by atoms with Crippen molar-refractivity contribution in [1.82, 2.24) is 0 Å². The van der Waals surface area contributed by atoms with E-state index >= 15 is 0 Å². The fourth-order valence-corrected chi connectivity index (χ4v) is 0. The highest BCUT2D eigenvalue weighted by Crippen LogP contribution is 2.23. The highest BCUT2D eigenvalue weighted by Gasteiger charge is 2.07. The summed E-state index contributed by atoms with van der Waals surface area (Å²) in [7, 11) is 0. The van der Waals surface area contributed by atoms with Gasteiger partial charge in [0, 0.05) is 4.11 Å². The molecule has 0 saturated carbocycles. The van der Waals surface area contributed by atoms with Crippen molar-refractivity contribution in [3.63, 3.8) is 0 Å². The monoisotopic (exact) mass is 135 g/mol. The standard InChI is InChI=1S/C2H3Cl3/c1-2(3,4)5/h1H3/i1D3. The summed E-state index contributed by atoms with van der Waals surface area (Å²) >= 11 is 14.9. The number of rotatable bonds is 0. The van der Waals surface area contributed by atoms with Crippen LogP contribution in [0.15, 0.2) is 0 Å². The van der Waals surface area contributed by atoms with Crippen molar-refractivity contribution in [2.75, 3.05) is 0 Å². The fourth-order valence-electron chi connectivity index (χ4n) is 0. The summed E-state index contributed by atoms with van der Waals surface area (Å²) in [5.74, 6) is 0. The third-order valence-electron chi connectivity index (χ3n) is 0. The Bertz CT molecular complexity index is 67.5. The van der Waals surface area contributed by atoms with E-state index in [9.17, 15) is 0 Å². The van der Waals surface area contributed by atoms with Crippen LogP contribution in [0.5, 0.6) is 0 Å². The molecule has 0 fully saturated rings. The predicted molar refractivity (Wildman–Crippen MR) is 26.0 cm³/mol. The van der Waals surface area contributed by atoms with E-state index in [2.05, 4.69) is 0 Å². The maximum atomic E-state index is 6.52. The normalized spacial score (nSPS) is 23.4. The molecule has 3 heteroatoms. The number of halogens is 3.